The second-order valence-corrected chi connectivity index (χ2v) is 6.34. The standard InChI is InChI=1S/C14H22N2OS/c1-10(8-12-5-3-7-18-12)16-14(17)9-11-4-2-6-13(11)15/h3,5,7,10-11,13H,2,4,6,8-9,15H2,1H3,(H,16,17)/t10?,11-,13+/m0/s1. The molecule has 18 heavy (non-hydrogen) atoms. The zero-order chi connectivity index (χ0) is 13.0. The minimum absolute atomic E-state index is 0.154. The van der Waals surface area contributed by atoms with Crippen LogP contribution in [0.25, 0.3) is 0 Å². The summed E-state index contributed by atoms with van der Waals surface area (Å²) in [6.07, 6.45) is 4.86. The lowest BCUT2D eigenvalue weighted by atomic mass is 9.99. The van der Waals surface area contributed by atoms with Gasteiger partial charge in [0.2, 0.25) is 5.91 Å². The van der Waals surface area contributed by atoms with Gasteiger partial charge in [-0.05, 0) is 37.1 Å². The first kappa shape index (κ1) is 13.6. The maximum Gasteiger partial charge on any atom is 0.220 e. The van der Waals surface area contributed by atoms with Gasteiger partial charge in [-0.2, -0.15) is 0 Å². The van der Waals surface area contributed by atoms with Crippen molar-refractivity contribution < 1.29 is 4.79 Å². The number of rotatable bonds is 5. The highest BCUT2D eigenvalue weighted by Gasteiger charge is 2.26. The number of hydrogen-bond acceptors (Lipinski definition) is 3. The molecule has 1 aliphatic carbocycles. The number of nitrogens with two attached hydrogens (primary N) is 1. The monoisotopic (exact) mass is 266 g/mol. The van der Waals surface area contributed by atoms with Crippen molar-refractivity contribution in [3.05, 3.63) is 22.4 Å². The maximum atomic E-state index is 11.9. The highest BCUT2D eigenvalue weighted by Crippen LogP contribution is 2.26. The van der Waals surface area contributed by atoms with Gasteiger partial charge in [0, 0.05) is 29.8 Å². The van der Waals surface area contributed by atoms with Crippen LogP contribution in [0.2, 0.25) is 0 Å². The first-order valence-electron chi connectivity index (χ1n) is 6.72. The van der Waals surface area contributed by atoms with Crippen molar-refractivity contribution in [1.29, 1.82) is 0 Å². The van der Waals surface area contributed by atoms with E-state index in [9.17, 15) is 4.79 Å². The van der Waals surface area contributed by atoms with Crippen LogP contribution in [0.5, 0.6) is 0 Å². The second kappa shape index (κ2) is 6.34. The lowest BCUT2D eigenvalue weighted by Gasteiger charge is -2.17. The van der Waals surface area contributed by atoms with Crippen LogP contribution in [0.15, 0.2) is 17.5 Å². The summed E-state index contributed by atoms with van der Waals surface area (Å²) in [5, 5.41) is 5.15. The number of hydrogen-bond donors (Lipinski definition) is 2. The number of carbonyl (C=O) groups excluding carboxylic acids is 1. The highest BCUT2D eigenvalue weighted by molar-refractivity contribution is 7.09. The predicted octanol–water partition coefficient (Wildman–Crippen LogP) is 2.31. The molecule has 1 fully saturated rings. The normalized spacial score (nSPS) is 25.0. The van der Waals surface area contributed by atoms with E-state index in [-0.39, 0.29) is 18.0 Å². The number of carbonyl (C=O) groups is 1. The molecule has 3 atom stereocenters. The van der Waals surface area contributed by atoms with Gasteiger partial charge >= 0.3 is 0 Å². The SMILES string of the molecule is CC(Cc1cccs1)NC(=O)C[C@@H]1CCC[C@H]1N. The Morgan fingerprint density at radius 1 is 1.61 bits per heavy atom. The molecular weight excluding hydrogens is 244 g/mol. The van der Waals surface area contributed by atoms with E-state index in [2.05, 4.69) is 23.7 Å². The third-order valence-electron chi connectivity index (χ3n) is 3.66. The summed E-state index contributed by atoms with van der Waals surface area (Å²) in [5.74, 6) is 0.542. The van der Waals surface area contributed by atoms with Crippen molar-refractivity contribution in [2.45, 2.75) is 51.1 Å². The van der Waals surface area contributed by atoms with E-state index in [1.807, 2.05) is 6.07 Å². The summed E-state index contributed by atoms with van der Waals surface area (Å²) in [5.41, 5.74) is 5.99. The Hall–Kier alpha value is -0.870. The molecule has 1 unspecified atom stereocenters. The van der Waals surface area contributed by atoms with Crippen LogP contribution in [0.4, 0.5) is 0 Å². The number of thiophene rings is 1. The molecule has 1 aliphatic rings. The van der Waals surface area contributed by atoms with Gasteiger partial charge in [0.1, 0.15) is 0 Å². The van der Waals surface area contributed by atoms with Gasteiger partial charge in [0.25, 0.3) is 0 Å². The Morgan fingerprint density at radius 3 is 3.06 bits per heavy atom. The van der Waals surface area contributed by atoms with Crippen LogP contribution >= 0.6 is 11.3 Å². The highest BCUT2D eigenvalue weighted by atomic mass is 32.1. The summed E-state index contributed by atoms with van der Waals surface area (Å²) in [6.45, 7) is 2.06. The van der Waals surface area contributed by atoms with Crippen molar-refractivity contribution in [2.24, 2.45) is 11.7 Å². The Bertz CT molecular complexity index is 377. The largest absolute Gasteiger partial charge is 0.353 e. The van der Waals surface area contributed by atoms with Crippen molar-refractivity contribution in [3.63, 3.8) is 0 Å². The van der Waals surface area contributed by atoms with Crippen LogP contribution in [-0.2, 0) is 11.2 Å². The molecule has 1 amide bonds. The summed E-state index contributed by atoms with van der Waals surface area (Å²) in [4.78, 5) is 13.2. The Balaban J connectivity index is 1.73. The fourth-order valence-corrected chi connectivity index (χ4v) is 3.51. The van der Waals surface area contributed by atoms with E-state index >= 15 is 0 Å². The predicted molar refractivity (Wildman–Crippen MR) is 75.6 cm³/mol. The molecule has 0 aromatic carbocycles. The summed E-state index contributed by atoms with van der Waals surface area (Å²) >= 11 is 1.74. The molecule has 0 spiro atoms. The van der Waals surface area contributed by atoms with Gasteiger partial charge in [-0.1, -0.05) is 12.5 Å². The van der Waals surface area contributed by atoms with Crippen molar-refractivity contribution in [3.8, 4) is 0 Å². The molecule has 2 rings (SSSR count). The molecule has 3 N–H and O–H groups in total. The fourth-order valence-electron chi connectivity index (χ4n) is 2.67. The van der Waals surface area contributed by atoms with Crippen LogP contribution < -0.4 is 11.1 Å². The Labute approximate surface area is 113 Å². The lowest BCUT2D eigenvalue weighted by Crippen LogP contribution is -2.37. The van der Waals surface area contributed by atoms with Crippen LogP contribution in [0.3, 0.4) is 0 Å². The van der Waals surface area contributed by atoms with E-state index < -0.39 is 0 Å². The third-order valence-corrected chi connectivity index (χ3v) is 4.56. The average molecular weight is 266 g/mol. The smallest absolute Gasteiger partial charge is 0.220 e. The van der Waals surface area contributed by atoms with E-state index in [1.54, 1.807) is 11.3 Å². The zero-order valence-corrected chi connectivity index (χ0v) is 11.7. The Morgan fingerprint density at radius 2 is 2.44 bits per heavy atom. The second-order valence-electron chi connectivity index (χ2n) is 5.31. The molecule has 0 radical (unpaired) electrons. The van der Waals surface area contributed by atoms with E-state index in [0.29, 0.717) is 12.3 Å². The molecule has 1 saturated carbocycles. The summed E-state index contributed by atoms with van der Waals surface area (Å²) in [7, 11) is 0. The van der Waals surface area contributed by atoms with Gasteiger partial charge in [0.15, 0.2) is 0 Å². The molecule has 1 aromatic rings. The minimum atomic E-state index is 0.154. The van der Waals surface area contributed by atoms with Gasteiger partial charge in [-0.15, -0.1) is 11.3 Å². The van der Waals surface area contributed by atoms with E-state index in [0.717, 1.165) is 19.3 Å². The van der Waals surface area contributed by atoms with Crippen LogP contribution in [-0.4, -0.2) is 18.0 Å². The van der Waals surface area contributed by atoms with E-state index in [1.165, 1.54) is 11.3 Å². The number of nitrogens with one attached hydrogen (secondary N) is 1. The molecule has 0 bridgehead atoms. The molecule has 1 aromatic heterocycles. The van der Waals surface area contributed by atoms with Crippen molar-refractivity contribution in [2.75, 3.05) is 0 Å². The molecular formula is C14H22N2OS. The third kappa shape index (κ3) is 3.82. The van der Waals surface area contributed by atoms with Gasteiger partial charge < -0.3 is 11.1 Å². The zero-order valence-electron chi connectivity index (χ0n) is 10.9. The van der Waals surface area contributed by atoms with Crippen molar-refractivity contribution >= 4 is 17.2 Å². The van der Waals surface area contributed by atoms with E-state index in [4.69, 9.17) is 5.73 Å². The number of amides is 1. The topological polar surface area (TPSA) is 55.1 Å². The van der Waals surface area contributed by atoms with Crippen LogP contribution in [0.1, 0.15) is 37.5 Å². The first-order chi connectivity index (χ1) is 8.65. The van der Waals surface area contributed by atoms with Gasteiger partial charge in [-0.25, -0.2) is 0 Å². The molecule has 4 heteroatoms. The maximum absolute atomic E-state index is 11.9. The average Bonchev–Trinajstić information content (AvgIpc) is 2.91. The van der Waals surface area contributed by atoms with Crippen LogP contribution in [0, 0.1) is 5.92 Å². The van der Waals surface area contributed by atoms with Crippen molar-refractivity contribution in [1.82, 2.24) is 5.32 Å². The quantitative estimate of drug-likeness (QED) is 0.859. The molecule has 0 saturated heterocycles. The minimum Gasteiger partial charge on any atom is -0.353 e. The summed E-state index contributed by atoms with van der Waals surface area (Å²) < 4.78 is 0. The summed E-state index contributed by atoms with van der Waals surface area (Å²) in [6, 6.07) is 4.59. The molecule has 3 nitrogen and oxygen atoms in total. The molecule has 1 heterocycles. The first-order valence-corrected chi connectivity index (χ1v) is 7.60. The molecule has 0 aliphatic heterocycles. The Kier molecular flexibility index (Phi) is 4.78. The molecule has 100 valence electrons. The fraction of sp³-hybridized carbons (Fsp3) is 0.643. The lowest BCUT2D eigenvalue weighted by molar-refractivity contribution is -0.122. The van der Waals surface area contributed by atoms with Gasteiger partial charge in [0.05, 0.1) is 0 Å². The van der Waals surface area contributed by atoms with Gasteiger partial charge in [-0.3, -0.25) is 4.79 Å².